The van der Waals surface area contributed by atoms with E-state index in [0.717, 1.165) is 5.69 Å². The Balaban J connectivity index is 1.35. The lowest BCUT2D eigenvalue weighted by atomic mass is 9.67. The lowest BCUT2D eigenvalue weighted by molar-refractivity contribution is 0.645. The van der Waals surface area contributed by atoms with Crippen molar-refractivity contribution in [1.82, 2.24) is 0 Å². The second-order valence-corrected chi connectivity index (χ2v) is 14.2. The Kier molecular flexibility index (Phi) is 5.96. The molecule has 7 aromatic rings. The molecule has 0 saturated heterocycles. The molecule has 0 atom stereocenters. The van der Waals surface area contributed by atoms with Gasteiger partial charge in [0.05, 0.1) is 5.69 Å². The summed E-state index contributed by atoms with van der Waals surface area (Å²) < 4.78 is 0. The molecule has 0 heterocycles. The molecule has 0 radical (unpaired) electrons. The smallest absolute Gasteiger partial charge is 0.0546 e. The topological polar surface area (TPSA) is 3.24 Å². The maximum absolute atomic E-state index is 2.49. The Hall–Kier alpha value is -5.40. The summed E-state index contributed by atoms with van der Waals surface area (Å²) in [4.78, 5) is 2.49. The maximum atomic E-state index is 2.49. The van der Waals surface area contributed by atoms with Crippen LogP contribution in [0.25, 0.3) is 44.2 Å². The average Bonchev–Trinajstić information content (AvgIpc) is 3.34. The number of para-hydroxylation sites is 1. The van der Waals surface area contributed by atoms with Crippen LogP contribution in [0.5, 0.6) is 0 Å². The second-order valence-electron chi connectivity index (χ2n) is 14.2. The molecule has 0 amide bonds. The fourth-order valence-electron chi connectivity index (χ4n) is 8.44. The summed E-state index contributed by atoms with van der Waals surface area (Å²) in [6.07, 6.45) is 0. The Morgan fingerprint density at radius 1 is 0.404 bits per heavy atom. The number of nitrogens with zero attached hydrogens (tertiary/aromatic N) is 1. The van der Waals surface area contributed by atoms with Crippen molar-refractivity contribution in [3.63, 3.8) is 0 Å². The van der Waals surface area contributed by atoms with Gasteiger partial charge >= 0.3 is 0 Å². The van der Waals surface area contributed by atoms with E-state index < -0.39 is 0 Å². The van der Waals surface area contributed by atoms with Crippen LogP contribution in [0.1, 0.15) is 49.9 Å². The standard InChI is InChI=1S/C46H37N/c1-45(2)39-26-22-32(30-14-7-5-8-15-30)28-37(39)44-42(27-23-31-16-13-21-40(45)43(31)44)47(33-17-9-6-10-18-33)34-24-25-36-35-19-11-12-20-38(35)46(3,4)41(36)29-34/h5-29H,1-4H3. The van der Waals surface area contributed by atoms with Gasteiger partial charge in [0, 0.05) is 27.8 Å². The third-order valence-corrected chi connectivity index (χ3v) is 10.8. The van der Waals surface area contributed by atoms with Crippen LogP contribution in [-0.2, 0) is 10.8 Å². The van der Waals surface area contributed by atoms with Crippen LogP contribution in [0.15, 0.2) is 152 Å². The fourth-order valence-corrected chi connectivity index (χ4v) is 8.44. The van der Waals surface area contributed by atoms with Crippen LogP contribution in [0, 0.1) is 0 Å². The molecule has 1 heteroatoms. The van der Waals surface area contributed by atoms with Crippen LogP contribution >= 0.6 is 0 Å². The van der Waals surface area contributed by atoms with Crippen LogP contribution in [0.4, 0.5) is 17.1 Å². The number of hydrogen-bond acceptors (Lipinski definition) is 1. The van der Waals surface area contributed by atoms with E-state index in [1.54, 1.807) is 0 Å². The Labute approximate surface area is 277 Å². The molecular formula is C46H37N. The minimum atomic E-state index is -0.142. The van der Waals surface area contributed by atoms with Gasteiger partial charge in [-0.2, -0.15) is 0 Å². The van der Waals surface area contributed by atoms with E-state index in [0.29, 0.717) is 0 Å². The van der Waals surface area contributed by atoms with Crippen LogP contribution in [0.3, 0.4) is 0 Å². The van der Waals surface area contributed by atoms with E-state index in [4.69, 9.17) is 0 Å². The zero-order valence-corrected chi connectivity index (χ0v) is 27.4. The van der Waals surface area contributed by atoms with Gasteiger partial charge in [-0.05, 0) is 97.2 Å². The van der Waals surface area contributed by atoms with Gasteiger partial charge in [0.1, 0.15) is 0 Å². The highest BCUT2D eigenvalue weighted by Gasteiger charge is 2.38. The van der Waals surface area contributed by atoms with Crippen LogP contribution < -0.4 is 4.90 Å². The van der Waals surface area contributed by atoms with Gasteiger partial charge in [0.2, 0.25) is 0 Å². The Bertz CT molecular complexity index is 2340. The van der Waals surface area contributed by atoms with Crippen LogP contribution in [0.2, 0.25) is 0 Å². The van der Waals surface area contributed by atoms with E-state index >= 15 is 0 Å². The van der Waals surface area contributed by atoms with Crippen molar-refractivity contribution in [2.24, 2.45) is 0 Å². The molecule has 1 nitrogen and oxygen atoms in total. The lowest BCUT2D eigenvalue weighted by Gasteiger charge is -2.38. The minimum absolute atomic E-state index is 0.0870. The normalized spacial score (nSPS) is 14.7. The minimum Gasteiger partial charge on any atom is -0.310 e. The predicted molar refractivity (Wildman–Crippen MR) is 199 cm³/mol. The molecule has 0 bridgehead atoms. The number of fused-ring (bicyclic) bond motifs is 5. The van der Waals surface area contributed by atoms with Crippen molar-refractivity contribution in [2.45, 2.75) is 38.5 Å². The first-order valence-electron chi connectivity index (χ1n) is 16.7. The van der Waals surface area contributed by atoms with E-state index in [-0.39, 0.29) is 10.8 Å². The third-order valence-electron chi connectivity index (χ3n) is 10.8. The summed E-state index contributed by atoms with van der Waals surface area (Å²) in [6.45, 7) is 9.49. The molecule has 0 fully saturated rings. The van der Waals surface area contributed by atoms with Gasteiger partial charge in [0.15, 0.2) is 0 Å². The highest BCUT2D eigenvalue weighted by atomic mass is 15.1. The van der Waals surface area contributed by atoms with Crippen LogP contribution in [-0.4, -0.2) is 0 Å². The van der Waals surface area contributed by atoms with Gasteiger partial charge in [0.25, 0.3) is 0 Å². The molecule has 0 spiro atoms. The predicted octanol–water partition coefficient (Wildman–Crippen LogP) is 12.6. The Morgan fingerprint density at radius 3 is 1.87 bits per heavy atom. The van der Waals surface area contributed by atoms with E-state index in [2.05, 4.69) is 184 Å². The molecule has 226 valence electrons. The van der Waals surface area contributed by atoms with Crippen molar-refractivity contribution in [2.75, 3.05) is 4.90 Å². The van der Waals surface area contributed by atoms with E-state index in [9.17, 15) is 0 Å². The van der Waals surface area contributed by atoms with Crippen molar-refractivity contribution in [3.05, 3.63) is 174 Å². The second kappa shape index (κ2) is 10.0. The van der Waals surface area contributed by atoms with Gasteiger partial charge < -0.3 is 4.90 Å². The molecule has 2 aliphatic rings. The molecule has 7 aromatic carbocycles. The van der Waals surface area contributed by atoms with Gasteiger partial charge in [-0.15, -0.1) is 0 Å². The first-order valence-corrected chi connectivity index (χ1v) is 16.7. The van der Waals surface area contributed by atoms with Crippen molar-refractivity contribution >= 4 is 27.8 Å². The Morgan fingerprint density at radius 2 is 1.06 bits per heavy atom. The summed E-state index contributed by atoms with van der Waals surface area (Å²) in [5.41, 5.74) is 16.6. The molecular weight excluding hydrogens is 567 g/mol. The molecule has 0 N–H and O–H groups in total. The van der Waals surface area contributed by atoms with Crippen molar-refractivity contribution in [1.29, 1.82) is 0 Å². The SMILES string of the molecule is CC1(C)c2ccccc2-c2ccc(N(c3ccccc3)c3ccc4cccc5c4c3-c3cc(-c4ccccc4)ccc3C5(C)C)cc21. The first kappa shape index (κ1) is 27.9. The van der Waals surface area contributed by atoms with Crippen molar-refractivity contribution in [3.8, 4) is 33.4 Å². The summed E-state index contributed by atoms with van der Waals surface area (Å²) >= 11 is 0. The molecule has 0 aromatic heterocycles. The summed E-state index contributed by atoms with van der Waals surface area (Å²) in [7, 11) is 0. The molecule has 0 unspecified atom stereocenters. The summed E-state index contributed by atoms with van der Waals surface area (Å²) in [5, 5.41) is 2.63. The zero-order valence-electron chi connectivity index (χ0n) is 27.4. The highest BCUT2D eigenvalue weighted by molar-refractivity contribution is 6.10. The third kappa shape index (κ3) is 4.02. The molecule has 9 rings (SSSR count). The van der Waals surface area contributed by atoms with Gasteiger partial charge in [-0.1, -0.05) is 143 Å². The van der Waals surface area contributed by atoms with Gasteiger partial charge in [-0.25, -0.2) is 0 Å². The average molecular weight is 604 g/mol. The first-order chi connectivity index (χ1) is 22.8. The molecule has 0 saturated carbocycles. The lowest BCUT2D eigenvalue weighted by Crippen LogP contribution is -2.24. The quantitative estimate of drug-likeness (QED) is 0.193. The number of hydrogen-bond donors (Lipinski definition) is 0. The van der Waals surface area contributed by atoms with E-state index in [1.165, 1.54) is 77.8 Å². The molecule has 2 aliphatic carbocycles. The molecule has 0 aliphatic heterocycles. The fraction of sp³-hybridized carbons (Fsp3) is 0.130. The number of benzene rings is 7. The largest absolute Gasteiger partial charge is 0.310 e. The number of anilines is 3. The summed E-state index contributed by atoms with van der Waals surface area (Å²) in [5.74, 6) is 0. The van der Waals surface area contributed by atoms with E-state index in [1.807, 2.05) is 0 Å². The highest BCUT2D eigenvalue weighted by Crippen LogP contribution is 2.55. The number of rotatable bonds is 4. The maximum Gasteiger partial charge on any atom is 0.0546 e. The van der Waals surface area contributed by atoms with Crippen molar-refractivity contribution < 1.29 is 0 Å². The van der Waals surface area contributed by atoms with Gasteiger partial charge in [-0.3, -0.25) is 0 Å². The molecule has 47 heavy (non-hydrogen) atoms. The summed E-state index contributed by atoms with van der Waals surface area (Å²) in [6, 6.07) is 56.3. The zero-order chi connectivity index (χ0) is 31.9. The monoisotopic (exact) mass is 603 g/mol.